The van der Waals surface area contributed by atoms with E-state index in [1.807, 2.05) is 32.0 Å². The molecule has 1 aromatic heterocycles. The van der Waals surface area contributed by atoms with Crippen molar-refractivity contribution in [3.63, 3.8) is 0 Å². The second kappa shape index (κ2) is 10.00. The molecule has 0 atom stereocenters. The van der Waals surface area contributed by atoms with Crippen LogP contribution in [0.1, 0.15) is 26.3 Å². The average molecular weight is 376 g/mol. The summed E-state index contributed by atoms with van der Waals surface area (Å²) in [7, 11) is 0. The van der Waals surface area contributed by atoms with E-state index < -0.39 is 0 Å². The van der Waals surface area contributed by atoms with E-state index in [9.17, 15) is 0 Å². The molecule has 0 aliphatic carbocycles. The number of morpholine rings is 1. The lowest BCUT2D eigenvalue weighted by Gasteiger charge is -2.28. The third-order valence-corrected chi connectivity index (χ3v) is 4.71. The molecule has 4 rings (SSSR count). The lowest BCUT2D eigenvalue weighted by molar-refractivity contribution is 0.122. The molecule has 2 heterocycles. The highest BCUT2D eigenvalue weighted by molar-refractivity contribution is 5.68. The maximum absolute atomic E-state index is 5.50. The number of ether oxygens (including phenoxy) is 1. The molecule has 4 heteroatoms. The van der Waals surface area contributed by atoms with Crippen LogP contribution < -0.4 is 4.90 Å². The van der Waals surface area contributed by atoms with Crippen LogP contribution in [0.25, 0.3) is 22.6 Å². The van der Waals surface area contributed by atoms with E-state index in [4.69, 9.17) is 14.7 Å². The van der Waals surface area contributed by atoms with E-state index >= 15 is 0 Å². The van der Waals surface area contributed by atoms with Gasteiger partial charge in [0.15, 0.2) is 5.82 Å². The fraction of sp³-hybridized carbons (Fsp3) is 0.333. The van der Waals surface area contributed by atoms with Crippen molar-refractivity contribution in [1.82, 2.24) is 9.97 Å². The third-order valence-electron chi connectivity index (χ3n) is 4.71. The summed E-state index contributed by atoms with van der Waals surface area (Å²) in [5.41, 5.74) is 4.43. The van der Waals surface area contributed by atoms with Gasteiger partial charge in [0.25, 0.3) is 0 Å². The highest BCUT2D eigenvalue weighted by atomic mass is 16.5. The highest BCUT2D eigenvalue weighted by Crippen LogP contribution is 2.27. The van der Waals surface area contributed by atoms with Gasteiger partial charge in [0.05, 0.1) is 18.9 Å². The Kier molecular flexibility index (Phi) is 7.15. The predicted octanol–water partition coefficient (Wildman–Crippen LogP) is 5.24. The smallest absolute Gasteiger partial charge is 0.162 e. The van der Waals surface area contributed by atoms with Crippen molar-refractivity contribution in [2.45, 2.75) is 27.2 Å². The first-order chi connectivity index (χ1) is 13.8. The van der Waals surface area contributed by atoms with Gasteiger partial charge in [-0.05, 0) is 18.1 Å². The SMILES string of the molecule is CC.CCc1cccc(-c2nc(-c3ccccc3)cc(N3CCOCC3)n2)c1. The van der Waals surface area contributed by atoms with E-state index in [1.165, 1.54) is 5.56 Å². The molecule has 0 amide bonds. The normalized spacial score (nSPS) is 13.6. The van der Waals surface area contributed by atoms with Gasteiger partial charge in [0, 0.05) is 30.3 Å². The van der Waals surface area contributed by atoms with Crippen molar-refractivity contribution < 1.29 is 4.74 Å². The van der Waals surface area contributed by atoms with Gasteiger partial charge in [-0.15, -0.1) is 0 Å². The first kappa shape index (κ1) is 20.0. The van der Waals surface area contributed by atoms with E-state index in [1.54, 1.807) is 0 Å². The number of hydrogen-bond donors (Lipinski definition) is 0. The molecule has 3 aromatic rings. The van der Waals surface area contributed by atoms with Gasteiger partial charge in [0.1, 0.15) is 5.82 Å². The number of aromatic nitrogens is 2. The standard InChI is InChI=1S/C22H23N3O.C2H6/c1-2-17-7-6-10-19(15-17)22-23-20(18-8-4-3-5-9-18)16-21(24-22)25-11-13-26-14-12-25;1-2/h3-10,15-16H,2,11-14H2,1H3;1-2H3. The molecular formula is C24H29N3O. The molecule has 0 unspecified atom stereocenters. The zero-order valence-electron chi connectivity index (χ0n) is 17.1. The number of nitrogens with zero attached hydrogens (tertiary/aromatic N) is 3. The first-order valence-electron chi connectivity index (χ1n) is 10.2. The number of hydrogen-bond acceptors (Lipinski definition) is 4. The molecule has 0 radical (unpaired) electrons. The molecule has 28 heavy (non-hydrogen) atoms. The molecule has 4 nitrogen and oxygen atoms in total. The minimum atomic E-state index is 0.741. The molecule has 2 aromatic carbocycles. The summed E-state index contributed by atoms with van der Waals surface area (Å²) in [4.78, 5) is 12.0. The Balaban J connectivity index is 0.00000109. The Morgan fingerprint density at radius 1 is 0.857 bits per heavy atom. The van der Waals surface area contributed by atoms with Gasteiger partial charge < -0.3 is 9.64 Å². The summed E-state index contributed by atoms with van der Waals surface area (Å²) >= 11 is 0. The Bertz CT molecular complexity index is 874. The molecule has 1 fully saturated rings. The molecule has 0 saturated carbocycles. The molecule has 0 spiro atoms. The summed E-state index contributed by atoms with van der Waals surface area (Å²) in [6, 6.07) is 20.9. The second-order valence-electron chi connectivity index (χ2n) is 6.45. The van der Waals surface area contributed by atoms with Gasteiger partial charge in [0.2, 0.25) is 0 Å². The summed E-state index contributed by atoms with van der Waals surface area (Å²) in [6.45, 7) is 9.37. The van der Waals surface area contributed by atoms with Crippen LogP contribution in [0.3, 0.4) is 0 Å². The molecule has 0 bridgehead atoms. The van der Waals surface area contributed by atoms with Crippen molar-refractivity contribution in [1.29, 1.82) is 0 Å². The van der Waals surface area contributed by atoms with Crippen LogP contribution in [-0.4, -0.2) is 36.3 Å². The van der Waals surface area contributed by atoms with Crippen molar-refractivity contribution in [3.05, 3.63) is 66.2 Å². The lowest BCUT2D eigenvalue weighted by Crippen LogP contribution is -2.36. The van der Waals surface area contributed by atoms with Crippen LogP contribution in [-0.2, 0) is 11.2 Å². The second-order valence-corrected chi connectivity index (χ2v) is 6.45. The monoisotopic (exact) mass is 375 g/mol. The molecule has 0 N–H and O–H groups in total. The van der Waals surface area contributed by atoms with Gasteiger partial charge in [-0.25, -0.2) is 9.97 Å². The fourth-order valence-electron chi connectivity index (χ4n) is 3.21. The molecule has 1 aliphatic rings. The maximum atomic E-state index is 5.50. The van der Waals surface area contributed by atoms with Crippen LogP contribution in [0, 0.1) is 0 Å². The van der Waals surface area contributed by atoms with Gasteiger partial charge in [-0.3, -0.25) is 0 Å². The fourth-order valence-corrected chi connectivity index (χ4v) is 3.21. The zero-order chi connectivity index (χ0) is 19.8. The molecular weight excluding hydrogens is 346 g/mol. The number of anilines is 1. The van der Waals surface area contributed by atoms with E-state index in [-0.39, 0.29) is 0 Å². The first-order valence-corrected chi connectivity index (χ1v) is 10.2. The number of aryl methyl sites for hydroxylation is 1. The summed E-state index contributed by atoms with van der Waals surface area (Å²) in [5, 5.41) is 0. The largest absolute Gasteiger partial charge is 0.378 e. The molecule has 1 aliphatic heterocycles. The summed E-state index contributed by atoms with van der Waals surface area (Å²) in [5.74, 6) is 1.75. The van der Waals surface area contributed by atoms with Crippen molar-refractivity contribution in [2.24, 2.45) is 0 Å². The van der Waals surface area contributed by atoms with E-state index in [0.717, 1.165) is 61.2 Å². The number of benzene rings is 2. The third kappa shape index (κ3) is 4.76. The van der Waals surface area contributed by atoms with Crippen molar-refractivity contribution in [2.75, 3.05) is 31.2 Å². The highest BCUT2D eigenvalue weighted by Gasteiger charge is 2.16. The van der Waals surface area contributed by atoms with E-state index in [2.05, 4.69) is 54.3 Å². The Morgan fingerprint density at radius 2 is 1.57 bits per heavy atom. The predicted molar refractivity (Wildman–Crippen MR) is 117 cm³/mol. The van der Waals surface area contributed by atoms with Gasteiger partial charge >= 0.3 is 0 Å². The van der Waals surface area contributed by atoms with Crippen LogP contribution in [0.4, 0.5) is 5.82 Å². The summed E-state index contributed by atoms with van der Waals surface area (Å²) in [6.07, 6.45) is 1.00. The number of rotatable bonds is 4. The van der Waals surface area contributed by atoms with Crippen LogP contribution in [0.5, 0.6) is 0 Å². The average Bonchev–Trinajstić information content (AvgIpc) is 2.81. The topological polar surface area (TPSA) is 38.2 Å². The van der Waals surface area contributed by atoms with Crippen molar-refractivity contribution in [3.8, 4) is 22.6 Å². The minimum absolute atomic E-state index is 0.741. The zero-order valence-corrected chi connectivity index (χ0v) is 17.1. The Morgan fingerprint density at radius 3 is 2.29 bits per heavy atom. The van der Waals surface area contributed by atoms with Crippen LogP contribution in [0.15, 0.2) is 60.7 Å². The minimum Gasteiger partial charge on any atom is -0.378 e. The van der Waals surface area contributed by atoms with Crippen molar-refractivity contribution >= 4 is 5.82 Å². The van der Waals surface area contributed by atoms with Gasteiger partial charge in [-0.2, -0.15) is 0 Å². The lowest BCUT2D eigenvalue weighted by atomic mass is 10.1. The molecule has 1 saturated heterocycles. The van der Waals surface area contributed by atoms with Gasteiger partial charge in [-0.1, -0.05) is 69.3 Å². The molecule has 146 valence electrons. The quantitative estimate of drug-likeness (QED) is 0.625. The van der Waals surface area contributed by atoms with Crippen LogP contribution >= 0.6 is 0 Å². The maximum Gasteiger partial charge on any atom is 0.162 e. The van der Waals surface area contributed by atoms with Crippen LogP contribution in [0.2, 0.25) is 0 Å². The Labute approximate surface area is 168 Å². The Hall–Kier alpha value is -2.72. The summed E-state index contributed by atoms with van der Waals surface area (Å²) < 4.78 is 5.50. The van der Waals surface area contributed by atoms with E-state index in [0.29, 0.717) is 0 Å².